The first-order valence-corrected chi connectivity index (χ1v) is 7.28. The third-order valence-corrected chi connectivity index (χ3v) is 3.57. The van der Waals surface area contributed by atoms with Crippen LogP contribution in [0.25, 0.3) is 0 Å². The Morgan fingerprint density at radius 3 is 2.70 bits per heavy atom. The van der Waals surface area contributed by atoms with Gasteiger partial charge >= 0.3 is 0 Å². The van der Waals surface area contributed by atoms with Gasteiger partial charge in [0.25, 0.3) is 0 Å². The van der Waals surface area contributed by atoms with Gasteiger partial charge in [-0.3, -0.25) is 15.0 Å². The van der Waals surface area contributed by atoms with Gasteiger partial charge in [-0.2, -0.15) is 0 Å². The summed E-state index contributed by atoms with van der Waals surface area (Å²) in [4.78, 5) is 22.1. The van der Waals surface area contributed by atoms with Crippen molar-refractivity contribution in [3.05, 3.63) is 18.5 Å². The summed E-state index contributed by atoms with van der Waals surface area (Å²) in [7, 11) is 0. The van der Waals surface area contributed by atoms with Crippen LogP contribution in [-0.4, -0.2) is 53.5 Å². The van der Waals surface area contributed by atoms with Gasteiger partial charge in [0.2, 0.25) is 11.9 Å². The van der Waals surface area contributed by atoms with Crippen molar-refractivity contribution in [3.63, 3.8) is 0 Å². The van der Waals surface area contributed by atoms with Gasteiger partial charge in [0.1, 0.15) is 0 Å². The minimum absolute atomic E-state index is 0.0404. The predicted molar refractivity (Wildman–Crippen MR) is 78.4 cm³/mol. The van der Waals surface area contributed by atoms with Crippen molar-refractivity contribution in [3.8, 4) is 0 Å². The van der Waals surface area contributed by atoms with Crippen LogP contribution in [0, 0.1) is 5.92 Å². The SMILES string of the molecule is CCNCC1CCN(CC(=O)Nc2ncccn2)CC1. The predicted octanol–water partition coefficient (Wildman–Crippen LogP) is 0.737. The highest BCUT2D eigenvalue weighted by atomic mass is 16.2. The normalized spacial score (nSPS) is 17.1. The van der Waals surface area contributed by atoms with Gasteiger partial charge in [-0.1, -0.05) is 6.92 Å². The molecule has 1 amide bonds. The number of rotatable bonds is 6. The number of amides is 1. The molecule has 20 heavy (non-hydrogen) atoms. The highest BCUT2D eigenvalue weighted by molar-refractivity contribution is 5.90. The van der Waals surface area contributed by atoms with Crippen LogP contribution in [0.4, 0.5) is 5.95 Å². The molecule has 0 unspecified atom stereocenters. The molecule has 1 aliphatic heterocycles. The Hall–Kier alpha value is -1.53. The summed E-state index contributed by atoms with van der Waals surface area (Å²) >= 11 is 0. The number of anilines is 1. The number of carbonyl (C=O) groups excluding carboxylic acids is 1. The number of carbonyl (C=O) groups is 1. The monoisotopic (exact) mass is 277 g/mol. The number of nitrogens with zero attached hydrogens (tertiary/aromatic N) is 3. The molecule has 2 heterocycles. The van der Waals surface area contributed by atoms with Crippen molar-refractivity contribution in [2.45, 2.75) is 19.8 Å². The van der Waals surface area contributed by atoms with Crippen LogP contribution in [0.5, 0.6) is 0 Å². The Morgan fingerprint density at radius 1 is 1.35 bits per heavy atom. The zero-order valence-electron chi connectivity index (χ0n) is 12.0. The molecule has 6 nitrogen and oxygen atoms in total. The lowest BCUT2D eigenvalue weighted by Gasteiger charge is -2.31. The van der Waals surface area contributed by atoms with Gasteiger partial charge in [0.05, 0.1) is 6.54 Å². The third-order valence-electron chi connectivity index (χ3n) is 3.57. The lowest BCUT2D eigenvalue weighted by atomic mass is 9.97. The average molecular weight is 277 g/mol. The van der Waals surface area contributed by atoms with Crippen LogP contribution in [0.1, 0.15) is 19.8 Å². The highest BCUT2D eigenvalue weighted by Crippen LogP contribution is 2.16. The Morgan fingerprint density at radius 2 is 2.05 bits per heavy atom. The maximum absolute atomic E-state index is 11.9. The molecule has 2 N–H and O–H groups in total. The smallest absolute Gasteiger partial charge is 0.240 e. The molecule has 1 aliphatic rings. The van der Waals surface area contributed by atoms with E-state index in [1.54, 1.807) is 18.5 Å². The number of likely N-dealkylation sites (tertiary alicyclic amines) is 1. The quantitative estimate of drug-likeness (QED) is 0.802. The summed E-state index contributed by atoms with van der Waals surface area (Å²) in [6.45, 7) is 6.64. The fourth-order valence-electron chi connectivity index (χ4n) is 2.43. The topological polar surface area (TPSA) is 70.2 Å². The molecule has 0 atom stereocenters. The number of aromatic nitrogens is 2. The fourth-order valence-corrected chi connectivity index (χ4v) is 2.43. The van der Waals surface area contributed by atoms with Gasteiger partial charge < -0.3 is 5.32 Å². The van der Waals surface area contributed by atoms with Crippen molar-refractivity contribution >= 4 is 11.9 Å². The molecule has 0 bridgehead atoms. The third kappa shape index (κ3) is 4.86. The highest BCUT2D eigenvalue weighted by Gasteiger charge is 2.20. The zero-order valence-corrected chi connectivity index (χ0v) is 12.0. The van der Waals surface area contributed by atoms with E-state index in [9.17, 15) is 4.79 Å². The van der Waals surface area contributed by atoms with E-state index in [4.69, 9.17) is 0 Å². The van der Waals surface area contributed by atoms with E-state index in [0.717, 1.165) is 44.9 Å². The van der Waals surface area contributed by atoms with Crippen LogP contribution >= 0.6 is 0 Å². The largest absolute Gasteiger partial charge is 0.317 e. The summed E-state index contributed by atoms with van der Waals surface area (Å²) < 4.78 is 0. The summed E-state index contributed by atoms with van der Waals surface area (Å²) in [5.41, 5.74) is 0. The Balaban J connectivity index is 1.68. The van der Waals surface area contributed by atoms with E-state index >= 15 is 0 Å². The van der Waals surface area contributed by atoms with E-state index < -0.39 is 0 Å². The summed E-state index contributed by atoms with van der Waals surface area (Å²) in [5.74, 6) is 1.08. The maximum atomic E-state index is 11.9. The van der Waals surface area contributed by atoms with Crippen molar-refractivity contribution in [1.29, 1.82) is 0 Å². The first-order chi connectivity index (χ1) is 9.78. The lowest BCUT2D eigenvalue weighted by Crippen LogP contribution is -2.41. The molecular weight excluding hydrogens is 254 g/mol. The fraction of sp³-hybridized carbons (Fsp3) is 0.643. The number of piperidine rings is 1. The van der Waals surface area contributed by atoms with Crippen molar-refractivity contribution in [2.24, 2.45) is 5.92 Å². The summed E-state index contributed by atoms with van der Waals surface area (Å²) in [6.07, 6.45) is 5.55. The van der Waals surface area contributed by atoms with E-state index in [-0.39, 0.29) is 5.91 Å². The van der Waals surface area contributed by atoms with Crippen LogP contribution < -0.4 is 10.6 Å². The Bertz CT molecular complexity index is 403. The van der Waals surface area contributed by atoms with E-state index in [0.29, 0.717) is 12.5 Å². The Kier molecular flexibility index (Phi) is 5.88. The molecule has 0 spiro atoms. The van der Waals surface area contributed by atoms with Crippen LogP contribution in [0.15, 0.2) is 18.5 Å². The molecule has 1 aromatic heterocycles. The van der Waals surface area contributed by atoms with Crippen LogP contribution in [0.2, 0.25) is 0 Å². The molecule has 110 valence electrons. The van der Waals surface area contributed by atoms with Gasteiger partial charge in [-0.05, 0) is 51.0 Å². The second-order valence-electron chi connectivity index (χ2n) is 5.15. The second-order valence-corrected chi connectivity index (χ2v) is 5.15. The summed E-state index contributed by atoms with van der Waals surface area (Å²) in [6, 6.07) is 1.73. The molecule has 0 radical (unpaired) electrons. The molecular formula is C14H23N5O. The van der Waals surface area contributed by atoms with Gasteiger partial charge in [0.15, 0.2) is 0 Å². The molecule has 2 rings (SSSR count). The molecule has 6 heteroatoms. The second kappa shape index (κ2) is 7.91. The van der Waals surface area contributed by atoms with E-state index in [2.05, 4.69) is 32.4 Å². The maximum Gasteiger partial charge on any atom is 0.240 e. The molecule has 1 aromatic rings. The first-order valence-electron chi connectivity index (χ1n) is 7.28. The molecule has 1 saturated heterocycles. The molecule has 0 aliphatic carbocycles. The summed E-state index contributed by atoms with van der Waals surface area (Å²) in [5, 5.41) is 6.11. The van der Waals surface area contributed by atoms with Crippen molar-refractivity contribution in [1.82, 2.24) is 20.2 Å². The van der Waals surface area contributed by atoms with Gasteiger partial charge in [-0.25, -0.2) is 9.97 Å². The molecule has 1 fully saturated rings. The van der Waals surface area contributed by atoms with E-state index in [1.807, 2.05) is 0 Å². The lowest BCUT2D eigenvalue weighted by molar-refractivity contribution is -0.117. The standard InChI is InChI=1S/C14H23N5O/c1-2-15-10-12-4-8-19(9-5-12)11-13(20)18-14-16-6-3-7-17-14/h3,6-7,12,15H,2,4-5,8-11H2,1H3,(H,16,17,18,20). The van der Waals surface area contributed by atoms with Crippen LogP contribution in [-0.2, 0) is 4.79 Å². The van der Waals surface area contributed by atoms with Gasteiger partial charge in [-0.15, -0.1) is 0 Å². The Labute approximate surface area is 120 Å². The van der Waals surface area contributed by atoms with Crippen molar-refractivity contribution in [2.75, 3.05) is 38.0 Å². The molecule has 0 saturated carbocycles. The molecule has 0 aromatic carbocycles. The zero-order chi connectivity index (χ0) is 14.2. The van der Waals surface area contributed by atoms with Crippen LogP contribution in [0.3, 0.4) is 0 Å². The average Bonchev–Trinajstić information content (AvgIpc) is 2.47. The number of hydrogen-bond donors (Lipinski definition) is 2. The minimum Gasteiger partial charge on any atom is -0.317 e. The number of hydrogen-bond acceptors (Lipinski definition) is 5. The van der Waals surface area contributed by atoms with Gasteiger partial charge in [0, 0.05) is 12.4 Å². The van der Waals surface area contributed by atoms with Crippen molar-refractivity contribution < 1.29 is 4.79 Å². The number of nitrogens with one attached hydrogen (secondary N) is 2. The first kappa shape index (κ1) is 14.9. The minimum atomic E-state index is -0.0404. The van der Waals surface area contributed by atoms with E-state index in [1.165, 1.54) is 0 Å².